The summed E-state index contributed by atoms with van der Waals surface area (Å²) in [5, 5.41) is 7.28. The van der Waals surface area contributed by atoms with Gasteiger partial charge in [-0.15, -0.1) is 5.10 Å². The van der Waals surface area contributed by atoms with Crippen LogP contribution >= 0.6 is 24.0 Å². The van der Waals surface area contributed by atoms with Gasteiger partial charge in [0.25, 0.3) is 0 Å². The number of aromatic nitrogens is 3. The van der Waals surface area contributed by atoms with Crippen molar-refractivity contribution >= 4 is 29.9 Å². The molecular formula is C14H20N4S2. The van der Waals surface area contributed by atoms with Crippen molar-refractivity contribution in [3.05, 3.63) is 35.1 Å². The Hall–Kier alpha value is -1.27. The summed E-state index contributed by atoms with van der Waals surface area (Å²) in [4.78, 5) is 2.18. The Balaban J connectivity index is 2.32. The van der Waals surface area contributed by atoms with Crippen LogP contribution in [0.3, 0.4) is 0 Å². The van der Waals surface area contributed by atoms with Crippen molar-refractivity contribution in [2.75, 3.05) is 24.0 Å². The highest BCUT2D eigenvalue weighted by Gasteiger charge is 2.17. The first-order chi connectivity index (χ1) is 9.65. The lowest BCUT2D eigenvalue weighted by molar-refractivity contribution is 0.648. The van der Waals surface area contributed by atoms with Crippen molar-refractivity contribution in [1.82, 2.24) is 14.8 Å². The second kappa shape index (κ2) is 6.95. The molecule has 0 aliphatic rings. The van der Waals surface area contributed by atoms with Crippen LogP contribution < -0.4 is 4.90 Å². The summed E-state index contributed by atoms with van der Waals surface area (Å²) in [6, 6.07) is 10.5. The number of hydrogen-bond donors (Lipinski definition) is 1. The van der Waals surface area contributed by atoms with Crippen LogP contribution in [0.2, 0.25) is 0 Å². The molecule has 2 aromatic rings. The molecule has 4 nitrogen and oxygen atoms in total. The first-order valence-electron chi connectivity index (χ1n) is 6.59. The SMILES string of the molecule is CSCCC(C)N(C)c1n[nH]c(=S)n1-c1ccccc1. The lowest BCUT2D eigenvalue weighted by Gasteiger charge is -2.25. The maximum Gasteiger partial charge on any atom is 0.230 e. The van der Waals surface area contributed by atoms with E-state index in [1.165, 1.54) is 0 Å². The van der Waals surface area contributed by atoms with Crippen LogP contribution in [0.25, 0.3) is 5.69 Å². The van der Waals surface area contributed by atoms with E-state index in [1.807, 2.05) is 46.7 Å². The van der Waals surface area contributed by atoms with E-state index in [4.69, 9.17) is 12.2 Å². The first kappa shape index (κ1) is 15.1. The van der Waals surface area contributed by atoms with E-state index in [1.54, 1.807) is 0 Å². The van der Waals surface area contributed by atoms with E-state index >= 15 is 0 Å². The summed E-state index contributed by atoms with van der Waals surface area (Å²) in [6.07, 6.45) is 3.25. The normalized spacial score (nSPS) is 12.3. The smallest absolute Gasteiger partial charge is 0.230 e. The number of hydrogen-bond acceptors (Lipinski definition) is 4. The minimum absolute atomic E-state index is 0.412. The molecule has 2 rings (SSSR count). The van der Waals surface area contributed by atoms with Gasteiger partial charge in [-0.2, -0.15) is 11.8 Å². The monoisotopic (exact) mass is 308 g/mol. The first-order valence-corrected chi connectivity index (χ1v) is 8.40. The van der Waals surface area contributed by atoms with E-state index in [2.05, 4.69) is 35.3 Å². The fourth-order valence-corrected chi connectivity index (χ4v) is 2.82. The Morgan fingerprint density at radius 1 is 1.40 bits per heavy atom. The van der Waals surface area contributed by atoms with E-state index in [0.717, 1.165) is 23.8 Å². The zero-order chi connectivity index (χ0) is 14.5. The molecule has 20 heavy (non-hydrogen) atoms. The van der Waals surface area contributed by atoms with Gasteiger partial charge in [0.05, 0.1) is 5.69 Å². The van der Waals surface area contributed by atoms with Gasteiger partial charge in [0.1, 0.15) is 0 Å². The van der Waals surface area contributed by atoms with Gasteiger partial charge in [-0.25, -0.2) is 5.10 Å². The van der Waals surface area contributed by atoms with E-state index < -0.39 is 0 Å². The molecule has 6 heteroatoms. The predicted molar refractivity (Wildman–Crippen MR) is 89.6 cm³/mol. The number of rotatable bonds is 6. The fourth-order valence-electron chi connectivity index (χ4n) is 2.01. The molecule has 0 bridgehead atoms. The maximum absolute atomic E-state index is 5.36. The molecule has 0 saturated heterocycles. The van der Waals surface area contributed by atoms with Gasteiger partial charge in [0.2, 0.25) is 10.7 Å². The topological polar surface area (TPSA) is 36.9 Å². The summed E-state index contributed by atoms with van der Waals surface area (Å²) in [5.74, 6) is 2.00. The maximum atomic E-state index is 5.36. The van der Waals surface area contributed by atoms with E-state index in [-0.39, 0.29) is 0 Å². The van der Waals surface area contributed by atoms with Crippen molar-refractivity contribution < 1.29 is 0 Å². The number of H-pyrrole nitrogens is 1. The van der Waals surface area contributed by atoms with Crippen LogP contribution in [0.1, 0.15) is 13.3 Å². The van der Waals surface area contributed by atoms with Gasteiger partial charge in [0, 0.05) is 13.1 Å². The number of anilines is 1. The van der Waals surface area contributed by atoms with Crippen LogP contribution in [0.4, 0.5) is 5.95 Å². The largest absolute Gasteiger partial charge is 0.341 e. The van der Waals surface area contributed by atoms with Crippen LogP contribution in [-0.2, 0) is 0 Å². The molecule has 1 atom stereocenters. The van der Waals surface area contributed by atoms with Crippen LogP contribution in [0.15, 0.2) is 30.3 Å². The Bertz CT molecular complexity index is 591. The van der Waals surface area contributed by atoms with Crippen molar-refractivity contribution in [2.45, 2.75) is 19.4 Å². The van der Waals surface area contributed by atoms with Crippen molar-refractivity contribution in [3.63, 3.8) is 0 Å². The number of nitrogens with one attached hydrogen (secondary N) is 1. The fraction of sp³-hybridized carbons (Fsp3) is 0.429. The Labute approximate surface area is 129 Å². The molecule has 0 amide bonds. The highest BCUT2D eigenvalue weighted by atomic mass is 32.2. The summed E-state index contributed by atoms with van der Waals surface area (Å²) < 4.78 is 2.60. The molecule has 1 heterocycles. The van der Waals surface area contributed by atoms with Gasteiger partial charge in [-0.1, -0.05) is 18.2 Å². The third-order valence-electron chi connectivity index (χ3n) is 3.39. The zero-order valence-electron chi connectivity index (χ0n) is 12.0. The average molecular weight is 308 g/mol. The molecule has 0 radical (unpaired) electrons. The number of benzene rings is 1. The highest BCUT2D eigenvalue weighted by Crippen LogP contribution is 2.20. The summed E-state index contributed by atoms with van der Waals surface area (Å²) >= 11 is 7.23. The molecule has 0 spiro atoms. The molecule has 0 saturated carbocycles. The van der Waals surface area contributed by atoms with Gasteiger partial charge in [0.15, 0.2) is 0 Å². The number of nitrogens with zero attached hydrogens (tertiary/aromatic N) is 3. The predicted octanol–water partition coefficient (Wildman–Crippen LogP) is 3.51. The van der Waals surface area contributed by atoms with Gasteiger partial charge in [-0.05, 0) is 49.7 Å². The van der Waals surface area contributed by atoms with Crippen molar-refractivity contribution in [2.24, 2.45) is 0 Å². The molecule has 0 aliphatic heterocycles. The van der Waals surface area contributed by atoms with Crippen LogP contribution in [0, 0.1) is 4.77 Å². The zero-order valence-corrected chi connectivity index (χ0v) is 13.7. The van der Waals surface area contributed by atoms with E-state index in [9.17, 15) is 0 Å². The Kier molecular flexibility index (Phi) is 5.25. The molecule has 1 N–H and O–H groups in total. The minimum Gasteiger partial charge on any atom is -0.341 e. The molecule has 0 aliphatic carbocycles. The quantitative estimate of drug-likeness (QED) is 0.829. The number of para-hydroxylation sites is 1. The molecule has 108 valence electrons. The molecule has 1 unspecified atom stereocenters. The van der Waals surface area contributed by atoms with Crippen LogP contribution in [-0.4, -0.2) is 39.9 Å². The number of thioether (sulfide) groups is 1. The van der Waals surface area contributed by atoms with Crippen molar-refractivity contribution in [1.29, 1.82) is 0 Å². The standard InChI is InChI=1S/C14H20N4S2/c1-11(9-10-20-3)17(2)13-15-16-14(19)18(13)12-7-5-4-6-8-12/h4-8,11H,9-10H2,1-3H3,(H,16,19). The third kappa shape index (κ3) is 3.24. The van der Waals surface area contributed by atoms with Gasteiger partial charge < -0.3 is 4.90 Å². The van der Waals surface area contributed by atoms with Crippen molar-refractivity contribution in [3.8, 4) is 5.69 Å². The summed E-state index contributed by atoms with van der Waals surface area (Å²) in [7, 11) is 2.06. The van der Waals surface area contributed by atoms with E-state index in [0.29, 0.717) is 10.8 Å². The molecule has 0 fully saturated rings. The Morgan fingerprint density at radius 3 is 2.75 bits per heavy atom. The lowest BCUT2D eigenvalue weighted by Crippen LogP contribution is -2.31. The van der Waals surface area contributed by atoms with Gasteiger partial charge >= 0.3 is 0 Å². The Morgan fingerprint density at radius 2 is 2.10 bits per heavy atom. The summed E-state index contributed by atoms with van der Waals surface area (Å²) in [6.45, 7) is 2.21. The molecular weight excluding hydrogens is 288 g/mol. The highest BCUT2D eigenvalue weighted by molar-refractivity contribution is 7.98. The minimum atomic E-state index is 0.412. The second-order valence-corrected chi connectivity index (χ2v) is 6.11. The van der Waals surface area contributed by atoms with Gasteiger partial charge in [-0.3, -0.25) is 4.57 Å². The molecule has 1 aromatic heterocycles. The second-order valence-electron chi connectivity index (χ2n) is 4.74. The number of aromatic amines is 1. The molecule has 1 aromatic carbocycles. The average Bonchev–Trinajstić information content (AvgIpc) is 2.86. The summed E-state index contributed by atoms with van der Waals surface area (Å²) in [5.41, 5.74) is 1.03. The lowest BCUT2D eigenvalue weighted by atomic mass is 10.2. The van der Waals surface area contributed by atoms with Crippen LogP contribution in [0.5, 0.6) is 0 Å². The third-order valence-corrected chi connectivity index (χ3v) is 4.30.